The Hall–Kier alpha value is -2.86. The highest BCUT2D eigenvalue weighted by Crippen LogP contribution is 2.20. The molecule has 2 rings (SSSR count). The fraction of sp³-hybridized carbons (Fsp3) is 0.318. The SMILES string of the molecule is Cc1ccc(C)c(NC(=O)CCCC(=O)OCC(=O)Nc2cc(Cl)ccc2C)c1. The monoisotopic (exact) mass is 416 g/mol. The number of hydrogen-bond acceptors (Lipinski definition) is 4. The third-order valence-corrected chi connectivity index (χ3v) is 4.52. The quantitative estimate of drug-likeness (QED) is 0.618. The fourth-order valence-electron chi connectivity index (χ4n) is 2.61. The zero-order valence-electron chi connectivity index (χ0n) is 16.8. The summed E-state index contributed by atoms with van der Waals surface area (Å²) in [5.74, 6) is -1.14. The number of rotatable bonds is 8. The van der Waals surface area contributed by atoms with Crippen LogP contribution in [-0.2, 0) is 19.1 Å². The Labute approximate surface area is 175 Å². The molecule has 0 spiro atoms. The van der Waals surface area contributed by atoms with E-state index in [2.05, 4.69) is 10.6 Å². The van der Waals surface area contributed by atoms with Crippen molar-refractivity contribution >= 4 is 40.8 Å². The molecule has 0 fully saturated rings. The minimum absolute atomic E-state index is 0.0592. The minimum atomic E-state index is -0.525. The van der Waals surface area contributed by atoms with Gasteiger partial charge >= 0.3 is 5.97 Å². The Bertz CT molecular complexity index is 912. The van der Waals surface area contributed by atoms with Crippen LogP contribution in [0.2, 0.25) is 5.02 Å². The van der Waals surface area contributed by atoms with Gasteiger partial charge in [-0.2, -0.15) is 0 Å². The molecule has 2 aromatic carbocycles. The number of anilines is 2. The maximum atomic E-state index is 12.0. The second kappa shape index (κ2) is 10.6. The molecule has 0 aliphatic rings. The maximum absolute atomic E-state index is 12.0. The Kier molecular flexibility index (Phi) is 8.21. The van der Waals surface area contributed by atoms with Crippen LogP contribution in [0, 0.1) is 20.8 Å². The molecule has 0 heterocycles. The number of ether oxygens (including phenoxy) is 1. The van der Waals surface area contributed by atoms with Crippen molar-refractivity contribution in [1.29, 1.82) is 0 Å². The summed E-state index contributed by atoms with van der Waals surface area (Å²) in [7, 11) is 0. The van der Waals surface area contributed by atoms with Gasteiger partial charge in [0.25, 0.3) is 5.91 Å². The van der Waals surface area contributed by atoms with E-state index in [-0.39, 0.29) is 25.4 Å². The van der Waals surface area contributed by atoms with Gasteiger partial charge in [-0.05, 0) is 62.1 Å². The summed E-state index contributed by atoms with van der Waals surface area (Å²) < 4.78 is 4.97. The van der Waals surface area contributed by atoms with Crippen molar-refractivity contribution in [3.8, 4) is 0 Å². The lowest BCUT2D eigenvalue weighted by atomic mass is 10.1. The average molecular weight is 417 g/mol. The molecule has 0 radical (unpaired) electrons. The van der Waals surface area contributed by atoms with Crippen LogP contribution in [0.4, 0.5) is 11.4 Å². The third kappa shape index (κ3) is 7.58. The van der Waals surface area contributed by atoms with Gasteiger partial charge < -0.3 is 15.4 Å². The summed E-state index contributed by atoms with van der Waals surface area (Å²) in [6, 6.07) is 11.0. The number of amides is 2. The second-order valence-corrected chi connectivity index (χ2v) is 7.32. The number of aryl methyl sites for hydroxylation is 3. The van der Waals surface area contributed by atoms with Crippen LogP contribution >= 0.6 is 11.6 Å². The first kappa shape index (κ1) is 22.4. The van der Waals surface area contributed by atoms with Crippen molar-refractivity contribution in [2.24, 2.45) is 0 Å². The van der Waals surface area contributed by atoms with Crippen LogP contribution < -0.4 is 10.6 Å². The lowest BCUT2D eigenvalue weighted by Gasteiger charge is -2.10. The number of carbonyl (C=O) groups is 3. The lowest BCUT2D eigenvalue weighted by molar-refractivity contribution is -0.147. The molecule has 7 heteroatoms. The molecular formula is C22H25ClN2O4. The van der Waals surface area contributed by atoms with Crippen molar-refractivity contribution in [3.63, 3.8) is 0 Å². The summed E-state index contributed by atoms with van der Waals surface area (Å²) in [6.45, 7) is 5.32. The predicted octanol–water partition coefficient (Wildman–Crippen LogP) is 4.56. The average Bonchev–Trinajstić information content (AvgIpc) is 2.66. The van der Waals surface area contributed by atoms with Crippen molar-refractivity contribution in [3.05, 3.63) is 58.1 Å². The van der Waals surface area contributed by atoms with E-state index in [1.54, 1.807) is 18.2 Å². The first-order chi connectivity index (χ1) is 13.7. The van der Waals surface area contributed by atoms with Crippen molar-refractivity contribution in [2.45, 2.75) is 40.0 Å². The maximum Gasteiger partial charge on any atom is 0.306 e. The largest absolute Gasteiger partial charge is 0.456 e. The van der Waals surface area contributed by atoms with Crippen LogP contribution in [0.3, 0.4) is 0 Å². The number of halogens is 1. The number of esters is 1. The van der Waals surface area contributed by atoms with Gasteiger partial charge in [-0.15, -0.1) is 0 Å². The molecular weight excluding hydrogens is 392 g/mol. The van der Waals surface area contributed by atoms with E-state index < -0.39 is 11.9 Å². The molecule has 2 aromatic rings. The molecule has 0 aliphatic heterocycles. The molecule has 0 unspecified atom stereocenters. The van der Waals surface area contributed by atoms with Gasteiger partial charge in [0.05, 0.1) is 0 Å². The van der Waals surface area contributed by atoms with Gasteiger partial charge in [0.1, 0.15) is 0 Å². The van der Waals surface area contributed by atoms with E-state index in [4.69, 9.17) is 16.3 Å². The van der Waals surface area contributed by atoms with E-state index in [0.29, 0.717) is 17.1 Å². The highest BCUT2D eigenvalue weighted by atomic mass is 35.5. The highest BCUT2D eigenvalue weighted by Gasteiger charge is 2.11. The fourth-order valence-corrected chi connectivity index (χ4v) is 2.78. The first-order valence-electron chi connectivity index (χ1n) is 9.33. The van der Waals surface area contributed by atoms with Crippen molar-refractivity contribution < 1.29 is 19.1 Å². The van der Waals surface area contributed by atoms with Gasteiger partial charge in [0, 0.05) is 29.2 Å². The standard InChI is InChI=1S/C22H25ClN2O4/c1-14-7-8-15(2)18(11-14)24-20(26)5-4-6-22(28)29-13-21(27)25-19-12-17(23)10-9-16(19)3/h7-12H,4-6,13H2,1-3H3,(H,24,26)(H,25,27). The number of benzene rings is 2. The van der Waals surface area contributed by atoms with Crippen LogP contribution in [0.25, 0.3) is 0 Å². The third-order valence-electron chi connectivity index (χ3n) is 4.29. The summed E-state index contributed by atoms with van der Waals surface area (Å²) in [4.78, 5) is 35.8. The molecule has 0 saturated carbocycles. The van der Waals surface area contributed by atoms with Crippen molar-refractivity contribution in [2.75, 3.05) is 17.2 Å². The van der Waals surface area contributed by atoms with Crippen molar-refractivity contribution in [1.82, 2.24) is 0 Å². The smallest absolute Gasteiger partial charge is 0.306 e. The zero-order valence-corrected chi connectivity index (χ0v) is 17.6. The summed E-state index contributed by atoms with van der Waals surface area (Å²) in [5.41, 5.74) is 4.22. The number of nitrogens with one attached hydrogen (secondary N) is 2. The van der Waals surface area contributed by atoms with Gasteiger partial charge in [-0.25, -0.2) is 0 Å². The summed E-state index contributed by atoms with van der Waals surface area (Å²) >= 11 is 5.91. The minimum Gasteiger partial charge on any atom is -0.456 e. The van der Waals surface area contributed by atoms with E-state index in [1.807, 2.05) is 39.0 Å². The predicted molar refractivity (Wildman–Crippen MR) is 114 cm³/mol. The molecule has 0 aliphatic carbocycles. The van der Waals surface area contributed by atoms with E-state index >= 15 is 0 Å². The molecule has 2 N–H and O–H groups in total. The van der Waals surface area contributed by atoms with E-state index in [9.17, 15) is 14.4 Å². The molecule has 0 bridgehead atoms. The molecule has 0 aromatic heterocycles. The second-order valence-electron chi connectivity index (χ2n) is 6.89. The van der Waals surface area contributed by atoms with Gasteiger partial charge in [0.15, 0.2) is 6.61 Å². The lowest BCUT2D eigenvalue weighted by Crippen LogP contribution is -2.21. The Morgan fingerprint density at radius 3 is 2.21 bits per heavy atom. The van der Waals surface area contributed by atoms with Crippen LogP contribution in [0.1, 0.15) is 36.0 Å². The van der Waals surface area contributed by atoms with Gasteiger partial charge in [-0.3, -0.25) is 14.4 Å². The molecule has 29 heavy (non-hydrogen) atoms. The Balaban J connectivity index is 1.69. The Morgan fingerprint density at radius 2 is 1.48 bits per heavy atom. The number of carbonyl (C=O) groups excluding carboxylic acids is 3. The van der Waals surface area contributed by atoms with Gasteiger partial charge in [0.2, 0.25) is 5.91 Å². The highest BCUT2D eigenvalue weighted by molar-refractivity contribution is 6.31. The summed E-state index contributed by atoms with van der Waals surface area (Å²) in [5, 5.41) is 6.00. The zero-order chi connectivity index (χ0) is 21.4. The topological polar surface area (TPSA) is 84.5 Å². The van der Waals surface area contributed by atoms with Crippen LogP contribution in [0.15, 0.2) is 36.4 Å². The first-order valence-corrected chi connectivity index (χ1v) is 9.71. The normalized spacial score (nSPS) is 10.3. The van der Waals surface area contributed by atoms with Crippen LogP contribution in [-0.4, -0.2) is 24.4 Å². The number of hydrogen-bond donors (Lipinski definition) is 2. The molecule has 0 atom stereocenters. The Morgan fingerprint density at radius 1 is 0.862 bits per heavy atom. The van der Waals surface area contributed by atoms with Gasteiger partial charge in [-0.1, -0.05) is 29.8 Å². The van der Waals surface area contributed by atoms with E-state index in [1.165, 1.54) is 0 Å². The summed E-state index contributed by atoms with van der Waals surface area (Å²) in [6.07, 6.45) is 0.588. The molecule has 6 nitrogen and oxygen atoms in total. The molecule has 154 valence electrons. The molecule has 2 amide bonds. The van der Waals surface area contributed by atoms with Crippen LogP contribution in [0.5, 0.6) is 0 Å². The van der Waals surface area contributed by atoms with E-state index in [0.717, 1.165) is 22.4 Å². The molecule has 0 saturated heterocycles.